The molecule has 2 nitrogen and oxygen atoms in total. The summed E-state index contributed by atoms with van der Waals surface area (Å²) in [6.45, 7) is 1.69. The lowest BCUT2D eigenvalue weighted by atomic mass is 10.1. The third kappa shape index (κ3) is 4.55. The molecule has 0 saturated carbocycles. The molecule has 0 aromatic heterocycles. The number of rotatable bonds is 5. The maximum atomic E-state index is 13.5. The molecule has 122 valence electrons. The van der Waals surface area contributed by atoms with E-state index in [-0.39, 0.29) is 11.6 Å². The second kappa shape index (κ2) is 7.26. The Kier molecular flexibility index (Phi) is 5.36. The number of carbonyl (C=O) groups is 1. The van der Waals surface area contributed by atoms with Crippen LogP contribution in [0.25, 0.3) is 0 Å². The molecular weight excluding hydrogens is 310 g/mol. The number of carbonyl (C=O) groups excluding carboxylic acids is 1. The molecule has 0 radical (unpaired) electrons. The summed E-state index contributed by atoms with van der Waals surface area (Å²) in [7, 11) is 0. The predicted octanol–water partition coefficient (Wildman–Crippen LogP) is 3.99. The summed E-state index contributed by atoms with van der Waals surface area (Å²) in [5, 5.41) is 2.55. The van der Waals surface area contributed by atoms with Gasteiger partial charge in [-0.2, -0.15) is 0 Å². The van der Waals surface area contributed by atoms with Crippen molar-refractivity contribution in [3.8, 4) is 0 Å². The van der Waals surface area contributed by atoms with Crippen molar-refractivity contribution in [2.45, 2.75) is 25.8 Å². The van der Waals surface area contributed by atoms with Crippen molar-refractivity contribution in [2.75, 3.05) is 0 Å². The molecule has 0 saturated heterocycles. The molecule has 0 heterocycles. The number of benzene rings is 2. The Balaban J connectivity index is 1.93. The maximum Gasteiger partial charge on any atom is 0.254 e. The van der Waals surface area contributed by atoms with Crippen molar-refractivity contribution in [2.24, 2.45) is 0 Å². The lowest BCUT2D eigenvalue weighted by Crippen LogP contribution is -2.33. The van der Waals surface area contributed by atoms with Gasteiger partial charge in [-0.15, -0.1) is 0 Å². The molecular formula is C17H15F4NO. The number of nitrogens with one attached hydrogen (secondary N) is 1. The zero-order valence-electron chi connectivity index (χ0n) is 12.4. The van der Waals surface area contributed by atoms with Crippen molar-refractivity contribution < 1.29 is 22.4 Å². The van der Waals surface area contributed by atoms with Gasteiger partial charge in [-0.3, -0.25) is 4.79 Å². The third-order valence-corrected chi connectivity index (χ3v) is 3.40. The quantitative estimate of drug-likeness (QED) is 0.828. The number of halogens is 4. The van der Waals surface area contributed by atoms with Gasteiger partial charge in [0, 0.05) is 6.04 Å². The molecule has 0 bridgehead atoms. The smallest absolute Gasteiger partial charge is 0.254 e. The normalized spacial score (nSPS) is 12.0. The van der Waals surface area contributed by atoms with Crippen molar-refractivity contribution in [1.82, 2.24) is 5.32 Å². The molecule has 0 aliphatic heterocycles. The topological polar surface area (TPSA) is 29.1 Å². The molecule has 2 rings (SSSR count). The Morgan fingerprint density at radius 2 is 1.70 bits per heavy atom. The average Bonchev–Trinajstić information content (AvgIpc) is 2.50. The monoisotopic (exact) mass is 325 g/mol. The van der Waals surface area contributed by atoms with Gasteiger partial charge in [0.2, 0.25) is 0 Å². The van der Waals surface area contributed by atoms with E-state index in [2.05, 4.69) is 5.32 Å². The lowest BCUT2D eigenvalue weighted by Gasteiger charge is -2.14. The summed E-state index contributed by atoms with van der Waals surface area (Å²) in [5.74, 6) is -4.08. The van der Waals surface area contributed by atoms with Gasteiger partial charge in [0.05, 0.1) is 5.56 Å². The lowest BCUT2D eigenvalue weighted by molar-refractivity contribution is 0.0934. The van der Waals surface area contributed by atoms with Crippen LogP contribution in [0.15, 0.2) is 36.4 Å². The van der Waals surface area contributed by atoms with E-state index in [0.717, 1.165) is 30.3 Å². The Morgan fingerprint density at radius 1 is 1.00 bits per heavy atom. The Bertz CT molecular complexity index is 718. The Morgan fingerprint density at radius 3 is 2.39 bits per heavy atom. The van der Waals surface area contributed by atoms with E-state index in [1.807, 2.05) is 0 Å². The number of hydrogen-bond donors (Lipinski definition) is 1. The molecule has 1 N–H and O–H groups in total. The van der Waals surface area contributed by atoms with Gasteiger partial charge in [-0.05, 0) is 55.7 Å². The van der Waals surface area contributed by atoms with E-state index in [1.165, 1.54) is 6.07 Å². The number of aryl methyl sites for hydroxylation is 1. The fourth-order valence-electron chi connectivity index (χ4n) is 2.12. The summed E-state index contributed by atoms with van der Waals surface area (Å²) < 4.78 is 52.5. The minimum absolute atomic E-state index is 0.349. The second-order valence-corrected chi connectivity index (χ2v) is 5.29. The van der Waals surface area contributed by atoms with E-state index in [1.54, 1.807) is 6.92 Å². The van der Waals surface area contributed by atoms with E-state index in [0.29, 0.717) is 18.4 Å². The second-order valence-electron chi connectivity index (χ2n) is 5.29. The predicted molar refractivity (Wildman–Crippen MR) is 78.0 cm³/mol. The fraction of sp³-hybridized carbons (Fsp3) is 0.235. The van der Waals surface area contributed by atoms with E-state index in [9.17, 15) is 22.4 Å². The summed E-state index contributed by atoms with van der Waals surface area (Å²) >= 11 is 0. The van der Waals surface area contributed by atoms with Crippen molar-refractivity contribution in [1.29, 1.82) is 0 Å². The van der Waals surface area contributed by atoms with Crippen LogP contribution in [0.3, 0.4) is 0 Å². The Hall–Kier alpha value is -2.37. The molecule has 2 aromatic rings. The summed E-state index contributed by atoms with van der Waals surface area (Å²) in [6, 6.07) is 5.88. The van der Waals surface area contributed by atoms with Gasteiger partial charge >= 0.3 is 0 Å². The van der Waals surface area contributed by atoms with Crippen molar-refractivity contribution in [3.05, 3.63) is 70.8 Å². The standard InChI is InChI=1S/C17H15F4NO/c1-10(2-3-11-4-6-15(20)16(21)8-11)22-17(23)13-9-12(18)5-7-14(13)19/h4-10H,2-3H2,1H3,(H,22,23). The maximum absolute atomic E-state index is 13.5. The van der Waals surface area contributed by atoms with Crippen LogP contribution in [-0.2, 0) is 6.42 Å². The molecule has 1 amide bonds. The van der Waals surface area contributed by atoms with Gasteiger partial charge in [0.1, 0.15) is 11.6 Å². The fourth-order valence-corrected chi connectivity index (χ4v) is 2.12. The first kappa shape index (κ1) is 17.0. The number of amides is 1. The largest absolute Gasteiger partial charge is 0.349 e. The zero-order valence-corrected chi connectivity index (χ0v) is 12.4. The minimum atomic E-state index is -0.930. The minimum Gasteiger partial charge on any atom is -0.349 e. The van der Waals surface area contributed by atoms with Crippen LogP contribution in [0, 0.1) is 23.3 Å². The highest BCUT2D eigenvalue weighted by Gasteiger charge is 2.15. The van der Waals surface area contributed by atoms with Gasteiger partial charge in [0.25, 0.3) is 5.91 Å². The molecule has 1 unspecified atom stereocenters. The van der Waals surface area contributed by atoms with Crippen LogP contribution in [0.4, 0.5) is 17.6 Å². The summed E-state index contributed by atoms with van der Waals surface area (Å²) in [6.07, 6.45) is 0.845. The zero-order chi connectivity index (χ0) is 17.0. The first-order valence-electron chi connectivity index (χ1n) is 7.06. The Labute approximate surface area is 131 Å². The molecule has 0 aliphatic carbocycles. The SMILES string of the molecule is CC(CCc1ccc(F)c(F)c1)NC(=O)c1cc(F)ccc1F. The highest BCUT2D eigenvalue weighted by Crippen LogP contribution is 2.13. The van der Waals surface area contributed by atoms with Gasteiger partial charge in [-0.25, -0.2) is 17.6 Å². The van der Waals surface area contributed by atoms with Crippen LogP contribution < -0.4 is 5.32 Å². The summed E-state index contributed by atoms with van der Waals surface area (Å²) in [5.41, 5.74) is 0.214. The molecule has 1 atom stereocenters. The van der Waals surface area contributed by atoms with Crippen LogP contribution >= 0.6 is 0 Å². The van der Waals surface area contributed by atoms with E-state index in [4.69, 9.17) is 0 Å². The molecule has 0 aliphatic rings. The molecule has 0 fully saturated rings. The molecule has 23 heavy (non-hydrogen) atoms. The molecule has 6 heteroatoms. The summed E-state index contributed by atoms with van der Waals surface area (Å²) in [4.78, 5) is 11.9. The van der Waals surface area contributed by atoms with E-state index >= 15 is 0 Å². The van der Waals surface area contributed by atoms with Gasteiger partial charge in [0.15, 0.2) is 11.6 Å². The van der Waals surface area contributed by atoms with Crippen LogP contribution in [0.1, 0.15) is 29.3 Å². The van der Waals surface area contributed by atoms with Crippen molar-refractivity contribution in [3.63, 3.8) is 0 Å². The van der Waals surface area contributed by atoms with Crippen molar-refractivity contribution >= 4 is 5.91 Å². The van der Waals surface area contributed by atoms with E-state index < -0.39 is 29.2 Å². The molecule has 2 aromatic carbocycles. The van der Waals surface area contributed by atoms with Crippen LogP contribution in [-0.4, -0.2) is 11.9 Å². The number of hydrogen-bond acceptors (Lipinski definition) is 1. The first-order chi connectivity index (χ1) is 10.9. The highest BCUT2D eigenvalue weighted by molar-refractivity contribution is 5.94. The first-order valence-corrected chi connectivity index (χ1v) is 7.06. The van der Waals surface area contributed by atoms with Crippen LogP contribution in [0.5, 0.6) is 0 Å². The molecule has 0 spiro atoms. The average molecular weight is 325 g/mol. The van der Waals surface area contributed by atoms with Gasteiger partial charge < -0.3 is 5.32 Å². The third-order valence-electron chi connectivity index (χ3n) is 3.40. The van der Waals surface area contributed by atoms with Gasteiger partial charge in [-0.1, -0.05) is 6.07 Å². The highest BCUT2D eigenvalue weighted by atomic mass is 19.2. The van der Waals surface area contributed by atoms with Crippen LogP contribution in [0.2, 0.25) is 0 Å².